The Labute approximate surface area is 243 Å². The van der Waals surface area contributed by atoms with Crippen LogP contribution in [-0.2, 0) is 0 Å². The highest BCUT2D eigenvalue weighted by Crippen LogP contribution is 2.31. The van der Waals surface area contributed by atoms with Crippen molar-refractivity contribution in [2.24, 2.45) is 0 Å². The van der Waals surface area contributed by atoms with E-state index in [1.54, 1.807) is 17.9 Å². The predicted octanol–water partition coefficient (Wildman–Crippen LogP) is 5.33. The van der Waals surface area contributed by atoms with Crippen molar-refractivity contribution in [2.75, 3.05) is 25.6 Å². The molecule has 0 saturated carbocycles. The van der Waals surface area contributed by atoms with Crippen molar-refractivity contribution in [3.63, 3.8) is 0 Å². The number of benzene rings is 3. The Morgan fingerprint density at radius 2 is 1.74 bits per heavy atom. The molecule has 0 unspecified atom stereocenters. The number of aromatic nitrogens is 5. The van der Waals surface area contributed by atoms with Crippen molar-refractivity contribution in [1.82, 2.24) is 29.2 Å². The molecule has 0 fully saturated rings. The minimum Gasteiger partial charge on any atom is -0.493 e. The summed E-state index contributed by atoms with van der Waals surface area (Å²) in [6, 6.07) is 19.7. The fourth-order valence-corrected chi connectivity index (χ4v) is 5.20. The third-order valence-electron chi connectivity index (χ3n) is 7.15. The van der Waals surface area contributed by atoms with Gasteiger partial charge in [0, 0.05) is 30.5 Å². The van der Waals surface area contributed by atoms with Crippen LogP contribution in [0.2, 0.25) is 0 Å². The van der Waals surface area contributed by atoms with Crippen LogP contribution in [0.5, 0.6) is 11.5 Å². The van der Waals surface area contributed by atoms with Crippen molar-refractivity contribution in [1.29, 1.82) is 0 Å². The van der Waals surface area contributed by atoms with E-state index in [0.29, 0.717) is 46.9 Å². The molecular formula is C32H33N7O3. The Morgan fingerprint density at radius 1 is 0.952 bits per heavy atom. The van der Waals surface area contributed by atoms with E-state index < -0.39 is 0 Å². The number of nitrogens with one attached hydrogen (secondary N) is 2. The van der Waals surface area contributed by atoms with Gasteiger partial charge < -0.3 is 20.1 Å². The van der Waals surface area contributed by atoms with Gasteiger partial charge in [0.25, 0.3) is 5.56 Å². The van der Waals surface area contributed by atoms with Crippen LogP contribution in [-0.4, -0.2) is 50.2 Å². The largest absolute Gasteiger partial charge is 0.493 e. The monoisotopic (exact) mass is 563 g/mol. The van der Waals surface area contributed by atoms with Crippen LogP contribution in [0.1, 0.15) is 25.0 Å². The second-order valence-electron chi connectivity index (χ2n) is 10.5. The molecule has 214 valence electrons. The first kappa shape index (κ1) is 27.2. The van der Waals surface area contributed by atoms with Crippen molar-refractivity contribution in [2.45, 2.75) is 33.7 Å². The van der Waals surface area contributed by atoms with Gasteiger partial charge in [-0.3, -0.25) is 9.20 Å². The van der Waals surface area contributed by atoms with E-state index in [4.69, 9.17) is 19.4 Å². The average Bonchev–Trinajstić information content (AvgIpc) is 3.36. The number of nitrogens with zero attached hydrogens (tertiary/aromatic N) is 5. The number of rotatable bonds is 9. The lowest BCUT2D eigenvalue weighted by atomic mass is 10.1. The summed E-state index contributed by atoms with van der Waals surface area (Å²) in [5.74, 6) is 2.06. The number of ether oxygens (including phenoxy) is 2. The molecular weight excluding hydrogens is 530 g/mol. The molecule has 2 N–H and O–H groups in total. The van der Waals surface area contributed by atoms with Gasteiger partial charge in [-0.15, -0.1) is 0 Å². The van der Waals surface area contributed by atoms with Gasteiger partial charge in [-0.05, 0) is 49.2 Å². The summed E-state index contributed by atoms with van der Waals surface area (Å²) in [5.41, 5.74) is 5.32. The summed E-state index contributed by atoms with van der Waals surface area (Å²) in [6.07, 6.45) is 1.57. The fraction of sp³-hybridized carbons (Fsp3) is 0.250. The van der Waals surface area contributed by atoms with Crippen LogP contribution in [0.4, 0.5) is 11.6 Å². The van der Waals surface area contributed by atoms with Gasteiger partial charge in [-0.2, -0.15) is 4.98 Å². The molecule has 0 spiro atoms. The molecule has 6 aromatic rings. The molecule has 3 aromatic heterocycles. The maximum absolute atomic E-state index is 14.0. The standard InChI is InChI=1S/C32H33N7O3/c1-19(2)33-15-16-42-26-14-13-22(17-27(26)41-5)35-31-34-18-23-29(37-31)38-25-12-7-6-11-24(25)36-32(38)39(30(23)40)28-20(3)9-8-10-21(28)4/h6-14,17-19,33H,15-16H2,1-5H3,(H,34,35,37). The maximum atomic E-state index is 14.0. The van der Waals surface area contributed by atoms with Gasteiger partial charge in [0.15, 0.2) is 17.1 Å². The summed E-state index contributed by atoms with van der Waals surface area (Å²) >= 11 is 0. The number of anilines is 2. The van der Waals surface area contributed by atoms with Crippen molar-refractivity contribution < 1.29 is 9.47 Å². The Bertz CT molecular complexity index is 1970. The van der Waals surface area contributed by atoms with E-state index >= 15 is 0 Å². The second-order valence-corrected chi connectivity index (χ2v) is 10.5. The second kappa shape index (κ2) is 11.1. The Hall–Kier alpha value is -4.96. The van der Waals surface area contributed by atoms with Gasteiger partial charge in [0.2, 0.25) is 11.7 Å². The third-order valence-corrected chi connectivity index (χ3v) is 7.15. The van der Waals surface area contributed by atoms with E-state index in [1.807, 2.05) is 78.9 Å². The topological polar surface area (TPSA) is 108 Å². The summed E-state index contributed by atoms with van der Waals surface area (Å²) < 4.78 is 15.1. The average molecular weight is 564 g/mol. The molecule has 0 aliphatic carbocycles. The molecule has 0 aliphatic heterocycles. The molecule has 42 heavy (non-hydrogen) atoms. The molecule has 3 heterocycles. The molecule has 3 aromatic carbocycles. The number of hydrogen-bond acceptors (Lipinski definition) is 8. The first-order chi connectivity index (χ1) is 20.4. The zero-order chi connectivity index (χ0) is 29.4. The molecule has 0 amide bonds. The number of fused-ring (bicyclic) bond motifs is 5. The fourth-order valence-electron chi connectivity index (χ4n) is 5.20. The summed E-state index contributed by atoms with van der Waals surface area (Å²) in [7, 11) is 1.60. The molecule has 0 aliphatic rings. The SMILES string of the molecule is COc1cc(Nc2ncc3c(=O)n(-c4c(C)cccc4C)c4nc5ccccc5n4c3n2)ccc1OCCNC(C)C. The Morgan fingerprint density at radius 3 is 2.50 bits per heavy atom. The summed E-state index contributed by atoms with van der Waals surface area (Å²) in [6.45, 7) is 9.43. The smallest absolute Gasteiger partial charge is 0.270 e. The summed E-state index contributed by atoms with van der Waals surface area (Å²) in [4.78, 5) is 28.3. The van der Waals surface area contributed by atoms with E-state index in [0.717, 1.165) is 40.1 Å². The molecule has 0 radical (unpaired) electrons. The minimum atomic E-state index is -0.230. The van der Waals surface area contributed by atoms with Crippen molar-refractivity contribution >= 4 is 39.5 Å². The highest BCUT2D eigenvalue weighted by atomic mass is 16.5. The molecule has 10 heteroatoms. The van der Waals surface area contributed by atoms with Crippen LogP contribution < -0.4 is 25.7 Å². The van der Waals surface area contributed by atoms with Crippen molar-refractivity contribution in [3.8, 4) is 17.2 Å². The Balaban J connectivity index is 1.45. The minimum absolute atomic E-state index is 0.230. The van der Waals surface area contributed by atoms with Gasteiger partial charge >= 0.3 is 0 Å². The van der Waals surface area contributed by atoms with Crippen LogP contribution in [0.3, 0.4) is 0 Å². The van der Waals surface area contributed by atoms with Gasteiger partial charge in [0.1, 0.15) is 12.0 Å². The number of aryl methyl sites for hydroxylation is 2. The van der Waals surface area contributed by atoms with Crippen LogP contribution in [0, 0.1) is 13.8 Å². The van der Waals surface area contributed by atoms with Crippen LogP contribution in [0.25, 0.3) is 33.5 Å². The van der Waals surface area contributed by atoms with Gasteiger partial charge in [-0.25, -0.2) is 14.5 Å². The zero-order valence-corrected chi connectivity index (χ0v) is 24.3. The van der Waals surface area contributed by atoms with E-state index in [-0.39, 0.29) is 5.56 Å². The quantitative estimate of drug-likeness (QED) is 0.228. The lowest BCUT2D eigenvalue weighted by molar-refractivity contribution is 0.289. The lowest BCUT2D eigenvalue weighted by Gasteiger charge is -2.16. The molecule has 6 rings (SSSR count). The van der Waals surface area contributed by atoms with Gasteiger partial charge in [-0.1, -0.05) is 44.2 Å². The summed E-state index contributed by atoms with van der Waals surface area (Å²) in [5, 5.41) is 6.97. The Kier molecular flexibility index (Phi) is 7.22. The van der Waals surface area contributed by atoms with Crippen LogP contribution >= 0.6 is 0 Å². The molecule has 0 atom stereocenters. The van der Waals surface area contributed by atoms with E-state index in [9.17, 15) is 4.79 Å². The number of hydrogen-bond donors (Lipinski definition) is 2. The zero-order valence-electron chi connectivity index (χ0n) is 24.3. The predicted molar refractivity (Wildman–Crippen MR) is 166 cm³/mol. The lowest BCUT2D eigenvalue weighted by Crippen LogP contribution is -2.27. The highest BCUT2D eigenvalue weighted by Gasteiger charge is 2.20. The molecule has 10 nitrogen and oxygen atoms in total. The third kappa shape index (κ3) is 4.90. The molecule has 0 saturated heterocycles. The first-order valence-electron chi connectivity index (χ1n) is 13.9. The number of methoxy groups -OCH3 is 1. The first-order valence-corrected chi connectivity index (χ1v) is 13.9. The van der Waals surface area contributed by atoms with E-state index in [1.165, 1.54) is 0 Å². The van der Waals surface area contributed by atoms with Crippen LogP contribution in [0.15, 0.2) is 71.7 Å². The van der Waals surface area contributed by atoms with E-state index in [2.05, 4.69) is 29.5 Å². The number of para-hydroxylation sites is 3. The molecule has 0 bridgehead atoms. The number of imidazole rings is 1. The maximum Gasteiger partial charge on any atom is 0.270 e. The van der Waals surface area contributed by atoms with Crippen molar-refractivity contribution in [3.05, 3.63) is 88.3 Å². The normalized spacial score (nSPS) is 11.6. The highest BCUT2D eigenvalue weighted by molar-refractivity contribution is 5.88. The van der Waals surface area contributed by atoms with Gasteiger partial charge in [0.05, 0.1) is 23.8 Å².